The highest BCUT2D eigenvalue weighted by molar-refractivity contribution is 5.77. The van der Waals surface area contributed by atoms with Gasteiger partial charge in [0.1, 0.15) is 11.6 Å². The summed E-state index contributed by atoms with van der Waals surface area (Å²) >= 11 is 0. The van der Waals surface area contributed by atoms with Crippen LogP contribution in [0.4, 0.5) is 4.39 Å². The number of ether oxygens (including phenoxy) is 1. The van der Waals surface area contributed by atoms with E-state index in [2.05, 4.69) is 17.6 Å². The smallest absolute Gasteiger partial charge is 0.257 e. The first-order chi connectivity index (χ1) is 9.67. The van der Waals surface area contributed by atoms with Crippen LogP contribution < -0.4 is 15.4 Å². The van der Waals surface area contributed by atoms with Gasteiger partial charge in [-0.1, -0.05) is 20.3 Å². The number of halogens is 1. The van der Waals surface area contributed by atoms with Crippen molar-refractivity contribution in [2.24, 2.45) is 0 Å². The van der Waals surface area contributed by atoms with Crippen LogP contribution in [-0.4, -0.2) is 25.6 Å². The maximum Gasteiger partial charge on any atom is 0.257 e. The third-order valence-electron chi connectivity index (χ3n) is 2.80. The first kappa shape index (κ1) is 16.4. The zero-order chi connectivity index (χ0) is 14.8. The van der Waals surface area contributed by atoms with E-state index >= 15 is 0 Å². The van der Waals surface area contributed by atoms with E-state index in [9.17, 15) is 9.18 Å². The Morgan fingerprint density at radius 2 is 2.15 bits per heavy atom. The molecule has 2 N–H and O–H groups in total. The number of unbranched alkanes of at least 4 members (excludes halogenated alkanes) is 1. The summed E-state index contributed by atoms with van der Waals surface area (Å²) in [6.07, 6.45) is 1.99. The first-order valence-corrected chi connectivity index (χ1v) is 7.06. The van der Waals surface area contributed by atoms with Gasteiger partial charge in [0.15, 0.2) is 6.61 Å². The SMILES string of the molecule is CCCCNC(=O)COc1ccc(F)cc1CNCC. The van der Waals surface area contributed by atoms with Crippen molar-refractivity contribution in [1.29, 1.82) is 0 Å². The number of rotatable bonds is 9. The van der Waals surface area contributed by atoms with Crippen LogP contribution in [0.1, 0.15) is 32.3 Å². The van der Waals surface area contributed by atoms with E-state index in [4.69, 9.17) is 4.74 Å². The van der Waals surface area contributed by atoms with Gasteiger partial charge in [-0.3, -0.25) is 4.79 Å². The van der Waals surface area contributed by atoms with Crippen LogP contribution in [0.25, 0.3) is 0 Å². The monoisotopic (exact) mass is 282 g/mol. The van der Waals surface area contributed by atoms with Gasteiger partial charge in [-0.05, 0) is 31.2 Å². The number of carbonyl (C=O) groups excluding carboxylic acids is 1. The predicted molar refractivity (Wildman–Crippen MR) is 77.2 cm³/mol. The topological polar surface area (TPSA) is 50.4 Å². The van der Waals surface area contributed by atoms with Crippen LogP contribution >= 0.6 is 0 Å². The van der Waals surface area contributed by atoms with Crippen molar-refractivity contribution in [1.82, 2.24) is 10.6 Å². The van der Waals surface area contributed by atoms with Gasteiger partial charge in [0.05, 0.1) is 0 Å². The van der Waals surface area contributed by atoms with Gasteiger partial charge in [0.25, 0.3) is 5.91 Å². The maximum atomic E-state index is 13.2. The van der Waals surface area contributed by atoms with E-state index in [0.29, 0.717) is 24.4 Å². The molecule has 1 amide bonds. The molecule has 0 atom stereocenters. The fraction of sp³-hybridized carbons (Fsp3) is 0.533. The van der Waals surface area contributed by atoms with Crippen molar-refractivity contribution < 1.29 is 13.9 Å². The van der Waals surface area contributed by atoms with Crippen molar-refractivity contribution in [3.8, 4) is 5.75 Å². The van der Waals surface area contributed by atoms with E-state index in [1.54, 1.807) is 6.07 Å². The molecule has 0 aliphatic rings. The Balaban J connectivity index is 2.51. The lowest BCUT2D eigenvalue weighted by Crippen LogP contribution is -2.29. The van der Waals surface area contributed by atoms with Gasteiger partial charge >= 0.3 is 0 Å². The van der Waals surface area contributed by atoms with Crippen LogP contribution in [0.3, 0.4) is 0 Å². The van der Waals surface area contributed by atoms with E-state index in [1.807, 2.05) is 6.92 Å². The Labute approximate surface area is 119 Å². The van der Waals surface area contributed by atoms with Crippen molar-refractivity contribution in [2.45, 2.75) is 33.2 Å². The molecule has 0 aliphatic heterocycles. The van der Waals surface area contributed by atoms with Gasteiger partial charge in [-0.25, -0.2) is 4.39 Å². The molecule has 20 heavy (non-hydrogen) atoms. The molecule has 4 nitrogen and oxygen atoms in total. The summed E-state index contributed by atoms with van der Waals surface area (Å²) in [7, 11) is 0. The van der Waals surface area contributed by atoms with E-state index in [1.165, 1.54) is 12.1 Å². The van der Waals surface area contributed by atoms with Gasteiger partial charge < -0.3 is 15.4 Å². The molecular formula is C15H23FN2O2. The van der Waals surface area contributed by atoms with Gasteiger partial charge in [0, 0.05) is 18.7 Å². The number of nitrogens with one attached hydrogen (secondary N) is 2. The second kappa shape index (κ2) is 9.31. The Bertz CT molecular complexity index is 424. The fourth-order valence-corrected chi connectivity index (χ4v) is 1.69. The molecule has 0 heterocycles. The minimum atomic E-state index is -0.308. The number of hydrogen-bond donors (Lipinski definition) is 2. The number of amides is 1. The molecule has 1 rings (SSSR count). The molecule has 1 aromatic rings. The summed E-state index contributed by atoms with van der Waals surface area (Å²) in [6, 6.07) is 4.31. The minimum Gasteiger partial charge on any atom is -0.483 e. The third-order valence-corrected chi connectivity index (χ3v) is 2.80. The zero-order valence-electron chi connectivity index (χ0n) is 12.2. The van der Waals surface area contributed by atoms with Crippen LogP contribution in [0.2, 0.25) is 0 Å². The van der Waals surface area contributed by atoms with Crippen LogP contribution in [0, 0.1) is 5.82 Å². The summed E-state index contributed by atoms with van der Waals surface area (Å²) < 4.78 is 18.7. The Morgan fingerprint density at radius 1 is 1.35 bits per heavy atom. The van der Waals surface area contributed by atoms with Gasteiger partial charge in [-0.15, -0.1) is 0 Å². The molecule has 0 radical (unpaired) electrons. The summed E-state index contributed by atoms with van der Waals surface area (Å²) in [5.74, 6) is 0.0767. The second-order valence-corrected chi connectivity index (χ2v) is 4.52. The highest BCUT2D eigenvalue weighted by atomic mass is 19.1. The molecule has 1 aromatic carbocycles. The highest BCUT2D eigenvalue weighted by Crippen LogP contribution is 2.19. The first-order valence-electron chi connectivity index (χ1n) is 7.06. The molecule has 5 heteroatoms. The Hall–Kier alpha value is -1.62. The minimum absolute atomic E-state index is 0.0472. The molecule has 0 spiro atoms. The molecule has 0 aliphatic carbocycles. The lowest BCUT2D eigenvalue weighted by molar-refractivity contribution is -0.123. The van der Waals surface area contributed by atoms with Crippen molar-refractivity contribution >= 4 is 5.91 Å². The van der Waals surface area contributed by atoms with E-state index < -0.39 is 0 Å². The van der Waals surface area contributed by atoms with E-state index in [0.717, 1.165) is 19.4 Å². The number of carbonyl (C=O) groups is 1. The molecule has 0 aromatic heterocycles. The largest absolute Gasteiger partial charge is 0.483 e. The molecular weight excluding hydrogens is 259 g/mol. The molecule has 112 valence electrons. The van der Waals surface area contributed by atoms with E-state index in [-0.39, 0.29) is 18.3 Å². The third kappa shape index (κ3) is 6.02. The lowest BCUT2D eigenvalue weighted by Gasteiger charge is -2.12. The van der Waals surface area contributed by atoms with Gasteiger partial charge in [-0.2, -0.15) is 0 Å². The molecule has 0 saturated heterocycles. The second-order valence-electron chi connectivity index (χ2n) is 4.52. The molecule has 0 fully saturated rings. The number of hydrogen-bond acceptors (Lipinski definition) is 3. The van der Waals surface area contributed by atoms with Gasteiger partial charge in [0.2, 0.25) is 0 Å². The van der Waals surface area contributed by atoms with Crippen LogP contribution in [0.15, 0.2) is 18.2 Å². The molecule has 0 unspecified atom stereocenters. The summed E-state index contributed by atoms with van der Waals surface area (Å²) in [6.45, 7) is 5.95. The van der Waals surface area contributed by atoms with Crippen LogP contribution in [0.5, 0.6) is 5.75 Å². The lowest BCUT2D eigenvalue weighted by atomic mass is 10.2. The van der Waals surface area contributed by atoms with Crippen molar-refractivity contribution in [3.05, 3.63) is 29.6 Å². The number of benzene rings is 1. The maximum absolute atomic E-state index is 13.2. The average molecular weight is 282 g/mol. The Kier molecular flexibility index (Phi) is 7.65. The fourth-order valence-electron chi connectivity index (χ4n) is 1.69. The Morgan fingerprint density at radius 3 is 2.85 bits per heavy atom. The molecule has 0 saturated carbocycles. The summed E-state index contributed by atoms with van der Waals surface area (Å²) in [4.78, 5) is 11.6. The predicted octanol–water partition coefficient (Wildman–Crippen LogP) is 2.23. The standard InChI is InChI=1S/C15H23FN2O2/c1-3-5-8-18-15(19)11-20-14-7-6-13(16)9-12(14)10-17-4-2/h6-7,9,17H,3-5,8,10-11H2,1-2H3,(H,18,19). The zero-order valence-corrected chi connectivity index (χ0v) is 12.2. The van der Waals surface area contributed by atoms with Crippen molar-refractivity contribution in [3.63, 3.8) is 0 Å². The van der Waals surface area contributed by atoms with Crippen molar-refractivity contribution in [2.75, 3.05) is 19.7 Å². The summed E-state index contributed by atoms with van der Waals surface area (Å²) in [5.41, 5.74) is 0.716. The van der Waals surface area contributed by atoms with Crippen LogP contribution in [-0.2, 0) is 11.3 Å². The average Bonchev–Trinajstić information content (AvgIpc) is 2.44. The highest BCUT2D eigenvalue weighted by Gasteiger charge is 2.07. The molecule has 0 bridgehead atoms. The summed E-state index contributed by atoms with van der Waals surface area (Å²) in [5, 5.41) is 5.89. The quantitative estimate of drug-likeness (QED) is 0.683. The normalized spacial score (nSPS) is 10.3.